The first-order chi connectivity index (χ1) is 13.3. The Hall–Kier alpha value is -2.64. The fourth-order valence-electron chi connectivity index (χ4n) is 3.52. The van der Waals surface area contributed by atoms with Gasteiger partial charge in [-0.1, -0.05) is 18.5 Å². The first-order valence-corrected chi connectivity index (χ1v) is 10.0. The highest BCUT2D eigenvalue weighted by molar-refractivity contribution is 7.17. The number of halogens is 1. The molecular formula is C20H17ClN2O4S. The number of nitrogens with two attached hydrogens (primary N) is 1. The topological polar surface area (TPSA) is 102 Å². The largest absolute Gasteiger partial charge is 0.422 e. The maximum absolute atomic E-state index is 12.8. The van der Waals surface area contributed by atoms with Crippen LogP contribution in [0, 0.1) is 5.92 Å². The van der Waals surface area contributed by atoms with Crippen molar-refractivity contribution < 1.29 is 14.0 Å². The van der Waals surface area contributed by atoms with Gasteiger partial charge in [-0.25, -0.2) is 4.79 Å². The van der Waals surface area contributed by atoms with Crippen molar-refractivity contribution in [3.05, 3.63) is 61.3 Å². The molecule has 8 heteroatoms. The van der Waals surface area contributed by atoms with E-state index in [0.717, 1.165) is 29.7 Å². The van der Waals surface area contributed by atoms with Gasteiger partial charge in [0.25, 0.3) is 11.8 Å². The molecule has 2 amide bonds. The molecule has 1 aliphatic rings. The molecule has 0 radical (unpaired) electrons. The summed E-state index contributed by atoms with van der Waals surface area (Å²) >= 11 is 7.32. The molecule has 0 saturated carbocycles. The van der Waals surface area contributed by atoms with Crippen LogP contribution in [0.15, 0.2) is 33.5 Å². The van der Waals surface area contributed by atoms with E-state index < -0.39 is 17.4 Å². The Morgan fingerprint density at radius 3 is 2.86 bits per heavy atom. The predicted molar refractivity (Wildman–Crippen MR) is 109 cm³/mol. The highest BCUT2D eigenvalue weighted by Gasteiger charge is 2.28. The van der Waals surface area contributed by atoms with Gasteiger partial charge in [0.1, 0.15) is 16.1 Å². The van der Waals surface area contributed by atoms with Crippen molar-refractivity contribution in [1.29, 1.82) is 0 Å². The second-order valence-corrected chi connectivity index (χ2v) is 8.55. The Bertz CT molecular complexity index is 1180. The zero-order valence-electron chi connectivity index (χ0n) is 15.0. The second-order valence-electron chi connectivity index (χ2n) is 7.00. The van der Waals surface area contributed by atoms with Gasteiger partial charge in [-0.3, -0.25) is 9.59 Å². The normalized spacial score (nSPS) is 16.0. The predicted octanol–water partition coefficient (Wildman–Crippen LogP) is 3.98. The number of rotatable bonds is 3. The van der Waals surface area contributed by atoms with E-state index in [1.54, 1.807) is 18.2 Å². The molecule has 0 fully saturated rings. The van der Waals surface area contributed by atoms with Crippen molar-refractivity contribution >= 4 is 50.7 Å². The van der Waals surface area contributed by atoms with Gasteiger partial charge in [0.15, 0.2) is 0 Å². The lowest BCUT2D eigenvalue weighted by Crippen LogP contribution is -2.22. The van der Waals surface area contributed by atoms with Crippen LogP contribution in [0.25, 0.3) is 11.0 Å². The van der Waals surface area contributed by atoms with Crippen LogP contribution in [-0.2, 0) is 12.8 Å². The van der Waals surface area contributed by atoms with Crippen LogP contribution in [0.3, 0.4) is 0 Å². The van der Waals surface area contributed by atoms with Crippen molar-refractivity contribution in [3.8, 4) is 0 Å². The summed E-state index contributed by atoms with van der Waals surface area (Å²) in [6, 6.07) is 6.21. The quantitative estimate of drug-likeness (QED) is 0.630. The Balaban J connectivity index is 1.73. The minimum atomic E-state index is -0.761. The van der Waals surface area contributed by atoms with Crippen LogP contribution >= 0.6 is 22.9 Å². The molecule has 144 valence electrons. The summed E-state index contributed by atoms with van der Waals surface area (Å²) in [6.07, 6.45) is 2.55. The molecule has 4 rings (SSSR count). The number of anilines is 1. The van der Waals surface area contributed by atoms with E-state index in [9.17, 15) is 14.4 Å². The summed E-state index contributed by atoms with van der Waals surface area (Å²) < 4.78 is 5.22. The molecule has 0 bridgehead atoms. The van der Waals surface area contributed by atoms with E-state index >= 15 is 0 Å². The molecule has 0 spiro atoms. The van der Waals surface area contributed by atoms with Crippen LogP contribution in [0.2, 0.25) is 5.02 Å². The third kappa shape index (κ3) is 3.31. The number of primary amides is 1. The van der Waals surface area contributed by atoms with Crippen molar-refractivity contribution in [3.63, 3.8) is 0 Å². The molecule has 0 aliphatic heterocycles. The zero-order valence-corrected chi connectivity index (χ0v) is 16.6. The van der Waals surface area contributed by atoms with E-state index in [-0.39, 0.29) is 5.56 Å². The second kappa shape index (κ2) is 7.07. The van der Waals surface area contributed by atoms with Gasteiger partial charge in [0.2, 0.25) is 0 Å². The molecule has 0 saturated heterocycles. The van der Waals surface area contributed by atoms with Gasteiger partial charge < -0.3 is 15.5 Å². The monoisotopic (exact) mass is 416 g/mol. The van der Waals surface area contributed by atoms with E-state index in [1.807, 2.05) is 0 Å². The minimum absolute atomic E-state index is 0.162. The maximum Gasteiger partial charge on any atom is 0.349 e. The van der Waals surface area contributed by atoms with E-state index in [0.29, 0.717) is 32.5 Å². The molecule has 1 aromatic carbocycles. The van der Waals surface area contributed by atoms with E-state index in [1.165, 1.54) is 17.4 Å². The maximum atomic E-state index is 12.8. The molecule has 2 heterocycles. The Kier molecular flexibility index (Phi) is 4.72. The SMILES string of the molecule is C[C@H]1CCc2c(sc(NC(=O)c3cc4cc(Cl)ccc4oc3=O)c2C(N)=O)C1. The summed E-state index contributed by atoms with van der Waals surface area (Å²) in [5.41, 5.74) is 6.24. The van der Waals surface area contributed by atoms with Crippen molar-refractivity contribution in [2.24, 2.45) is 11.7 Å². The zero-order chi connectivity index (χ0) is 20.0. The van der Waals surface area contributed by atoms with E-state index in [4.69, 9.17) is 21.8 Å². The van der Waals surface area contributed by atoms with Gasteiger partial charge in [-0.05, 0) is 55.0 Å². The van der Waals surface area contributed by atoms with Gasteiger partial charge in [-0.15, -0.1) is 11.3 Å². The lowest BCUT2D eigenvalue weighted by Gasteiger charge is -2.18. The minimum Gasteiger partial charge on any atom is -0.422 e. The number of benzene rings is 1. The van der Waals surface area contributed by atoms with Gasteiger partial charge in [0.05, 0.1) is 5.56 Å². The van der Waals surface area contributed by atoms with Gasteiger partial charge >= 0.3 is 5.63 Å². The van der Waals surface area contributed by atoms with E-state index in [2.05, 4.69) is 12.2 Å². The fourth-order valence-corrected chi connectivity index (χ4v) is 5.11. The number of amides is 2. The van der Waals surface area contributed by atoms with Crippen LogP contribution in [-0.4, -0.2) is 11.8 Å². The summed E-state index contributed by atoms with van der Waals surface area (Å²) in [5.74, 6) is -0.725. The van der Waals surface area contributed by atoms with Crippen LogP contribution in [0.1, 0.15) is 44.5 Å². The highest BCUT2D eigenvalue weighted by atomic mass is 35.5. The number of fused-ring (bicyclic) bond motifs is 2. The van der Waals surface area contributed by atoms with Gasteiger partial charge in [-0.2, -0.15) is 0 Å². The summed E-state index contributed by atoms with van der Waals surface area (Å²) in [4.78, 5) is 38.1. The highest BCUT2D eigenvalue weighted by Crippen LogP contribution is 2.39. The average molecular weight is 417 g/mol. The number of hydrogen-bond donors (Lipinski definition) is 2. The van der Waals surface area contributed by atoms with Crippen molar-refractivity contribution in [2.45, 2.75) is 26.2 Å². The molecule has 1 atom stereocenters. The number of nitrogens with one attached hydrogen (secondary N) is 1. The number of thiophene rings is 1. The molecule has 6 nitrogen and oxygen atoms in total. The van der Waals surface area contributed by atoms with Crippen molar-refractivity contribution in [1.82, 2.24) is 0 Å². The lowest BCUT2D eigenvalue weighted by atomic mass is 9.88. The van der Waals surface area contributed by atoms with Crippen LogP contribution in [0.5, 0.6) is 0 Å². The Morgan fingerprint density at radius 1 is 1.32 bits per heavy atom. The first kappa shape index (κ1) is 18.7. The molecule has 0 unspecified atom stereocenters. The molecule has 3 N–H and O–H groups in total. The number of carbonyl (C=O) groups is 2. The summed E-state index contributed by atoms with van der Waals surface area (Å²) in [6.45, 7) is 2.15. The third-order valence-electron chi connectivity index (χ3n) is 4.92. The molecule has 1 aliphatic carbocycles. The number of carbonyl (C=O) groups excluding carboxylic acids is 2. The van der Waals surface area contributed by atoms with Crippen LogP contribution in [0.4, 0.5) is 5.00 Å². The molecular weight excluding hydrogens is 400 g/mol. The fraction of sp³-hybridized carbons (Fsp3) is 0.250. The molecule has 3 aromatic rings. The third-order valence-corrected chi connectivity index (χ3v) is 6.33. The van der Waals surface area contributed by atoms with Crippen LogP contribution < -0.4 is 16.7 Å². The molecule has 2 aromatic heterocycles. The van der Waals surface area contributed by atoms with Gasteiger partial charge in [0, 0.05) is 15.3 Å². The Labute approximate surface area is 169 Å². The average Bonchev–Trinajstić information content (AvgIpc) is 2.98. The van der Waals surface area contributed by atoms with Crippen molar-refractivity contribution in [2.75, 3.05) is 5.32 Å². The lowest BCUT2D eigenvalue weighted by molar-refractivity contribution is 0.1000. The first-order valence-electron chi connectivity index (χ1n) is 8.82. The number of hydrogen-bond acceptors (Lipinski definition) is 5. The summed E-state index contributed by atoms with van der Waals surface area (Å²) in [5, 5.41) is 4.06. The molecule has 28 heavy (non-hydrogen) atoms. The Morgan fingerprint density at radius 2 is 2.11 bits per heavy atom. The smallest absolute Gasteiger partial charge is 0.349 e. The standard InChI is InChI=1S/C20H17ClN2O4S/c1-9-2-4-12-15(6-9)28-19(16(12)17(22)24)23-18(25)13-8-10-7-11(21)3-5-14(10)27-20(13)26/h3,5,7-9H,2,4,6H2,1H3,(H2,22,24)(H,23,25)/t9-/m0/s1. The summed E-state index contributed by atoms with van der Waals surface area (Å²) in [7, 11) is 0.